The van der Waals surface area contributed by atoms with Crippen molar-refractivity contribution in [3.8, 4) is 5.88 Å². The molecule has 1 aromatic rings. The van der Waals surface area contributed by atoms with Gasteiger partial charge in [-0.25, -0.2) is 9.97 Å². The van der Waals surface area contributed by atoms with Gasteiger partial charge in [0, 0.05) is 24.9 Å². The Labute approximate surface area is 108 Å². The second-order valence-corrected chi connectivity index (χ2v) is 5.02. The number of ether oxygens (including phenoxy) is 1. The first-order valence-electron chi connectivity index (χ1n) is 6.56. The van der Waals surface area contributed by atoms with Gasteiger partial charge in [-0.05, 0) is 26.7 Å². The van der Waals surface area contributed by atoms with Crippen LogP contribution in [-0.4, -0.2) is 33.8 Å². The van der Waals surface area contributed by atoms with Crippen LogP contribution in [0.2, 0.25) is 0 Å². The minimum atomic E-state index is -0.191. The second-order valence-electron chi connectivity index (χ2n) is 5.02. The van der Waals surface area contributed by atoms with E-state index in [0.29, 0.717) is 24.2 Å². The summed E-state index contributed by atoms with van der Waals surface area (Å²) in [6.45, 7) is 4.63. The zero-order valence-electron chi connectivity index (χ0n) is 11.0. The van der Waals surface area contributed by atoms with Crippen molar-refractivity contribution in [3.05, 3.63) is 12.4 Å². The number of hydrogen-bond acceptors (Lipinski definition) is 5. The van der Waals surface area contributed by atoms with Crippen molar-refractivity contribution in [2.24, 2.45) is 5.92 Å². The maximum atomic E-state index is 9.77. The molecule has 0 bridgehead atoms. The molecule has 2 N–H and O–H groups in total. The molecule has 2 rings (SSSR count). The number of nitrogens with one attached hydrogen (secondary N) is 1. The number of anilines is 1. The molecule has 1 saturated carbocycles. The Hall–Kier alpha value is -1.36. The molecule has 1 aliphatic carbocycles. The van der Waals surface area contributed by atoms with Crippen molar-refractivity contribution >= 4 is 5.82 Å². The third kappa shape index (κ3) is 3.32. The summed E-state index contributed by atoms with van der Waals surface area (Å²) in [6, 6.07) is 0. The van der Waals surface area contributed by atoms with Crippen LogP contribution >= 0.6 is 0 Å². The molecule has 100 valence electrons. The molecule has 1 heterocycles. The van der Waals surface area contributed by atoms with Gasteiger partial charge in [0.1, 0.15) is 0 Å². The Kier molecular flexibility index (Phi) is 4.36. The smallest absolute Gasteiger partial charge is 0.257 e. The standard InChI is InChI=1S/C13H21N3O2/c1-9(2)18-13-12(14-6-7-15-13)16-8-10-4-3-5-11(10)17/h6-7,9-11,17H,3-5,8H2,1-2H3,(H,14,16). The Morgan fingerprint density at radius 1 is 1.39 bits per heavy atom. The molecular weight excluding hydrogens is 230 g/mol. The third-order valence-electron chi connectivity index (χ3n) is 3.16. The van der Waals surface area contributed by atoms with Gasteiger partial charge in [-0.1, -0.05) is 6.42 Å². The highest BCUT2D eigenvalue weighted by Gasteiger charge is 2.25. The zero-order valence-corrected chi connectivity index (χ0v) is 11.0. The van der Waals surface area contributed by atoms with E-state index in [2.05, 4.69) is 15.3 Å². The summed E-state index contributed by atoms with van der Waals surface area (Å²) in [6.07, 6.45) is 6.21. The molecular formula is C13H21N3O2. The molecule has 0 amide bonds. The van der Waals surface area contributed by atoms with Crippen LogP contribution in [0.1, 0.15) is 33.1 Å². The van der Waals surface area contributed by atoms with Crippen LogP contribution in [0.3, 0.4) is 0 Å². The molecule has 0 aromatic carbocycles. The summed E-state index contributed by atoms with van der Waals surface area (Å²) < 4.78 is 5.59. The molecule has 0 aliphatic heterocycles. The monoisotopic (exact) mass is 251 g/mol. The number of aromatic nitrogens is 2. The first kappa shape index (κ1) is 13.1. The molecule has 18 heavy (non-hydrogen) atoms. The highest BCUT2D eigenvalue weighted by Crippen LogP contribution is 2.27. The zero-order chi connectivity index (χ0) is 13.0. The van der Waals surface area contributed by atoms with Gasteiger partial charge in [-0.15, -0.1) is 0 Å². The largest absolute Gasteiger partial charge is 0.472 e. The third-order valence-corrected chi connectivity index (χ3v) is 3.16. The number of hydrogen-bond donors (Lipinski definition) is 2. The molecule has 2 atom stereocenters. The van der Waals surface area contributed by atoms with Gasteiger partial charge >= 0.3 is 0 Å². The Morgan fingerprint density at radius 3 is 2.83 bits per heavy atom. The lowest BCUT2D eigenvalue weighted by Gasteiger charge is -2.17. The molecule has 0 spiro atoms. The van der Waals surface area contributed by atoms with E-state index >= 15 is 0 Å². The number of nitrogens with zero attached hydrogens (tertiary/aromatic N) is 2. The Balaban J connectivity index is 1.95. The quantitative estimate of drug-likeness (QED) is 0.835. The molecule has 0 saturated heterocycles. The van der Waals surface area contributed by atoms with E-state index in [1.54, 1.807) is 12.4 Å². The maximum Gasteiger partial charge on any atom is 0.257 e. The predicted octanol–water partition coefficient (Wildman–Crippen LogP) is 1.84. The number of rotatable bonds is 5. The van der Waals surface area contributed by atoms with Crippen molar-refractivity contribution in [2.45, 2.75) is 45.3 Å². The summed E-state index contributed by atoms with van der Waals surface area (Å²) >= 11 is 0. The SMILES string of the molecule is CC(C)Oc1nccnc1NCC1CCCC1O. The lowest BCUT2D eigenvalue weighted by Crippen LogP contribution is -2.23. The molecule has 1 aliphatic rings. The lowest BCUT2D eigenvalue weighted by molar-refractivity contribution is 0.138. The van der Waals surface area contributed by atoms with E-state index in [4.69, 9.17) is 4.74 Å². The second kappa shape index (κ2) is 6.00. The summed E-state index contributed by atoms with van der Waals surface area (Å²) in [4.78, 5) is 8.41. The van der Waals surface area contributed by atoms with Crippen LogP contribution in [0.5, 0.6) is 5.88 Å². The normalized spacial score (nSPS) is 23.3. The summed E-state index contributed by atoms with van der Waals surface area (Å²) in [5.41, 5.74) is 0. The van der Waals surface area contributed by atoms with Gasteiger partial charge in [0.2, 0.25) is 0 Å². The van der Waals surface area contributed by atoms with Gasteiger partial charge in [0.25, 0.3) is 5.88 Å². The summed E-state index contributed by atoms with van der Waals surface area (Å²) in [5.74, 6) is 1.49. The van der Waals surface area contributed by atoms with E-state index in [1.165, 1.54) is 0 Å². The fourth-order valence-electron chi connectivity index (χ4n) is 2.24. The van der Waals surface area contributed by atoms with E-state index in [9.17, 15) is 5.11 Å². The average molecular weight is 251 g/mol. The van der Waals surface area contributed by atoms with Crippen molar-refractivity contribution < 1.29 is 9.84 Å². The molecule has 1 aromatic heterocycles. The van der Waals surface area contributed by atoms with Crippen LogP contribution in [-0.2, 0) is 0 Å². The number of aliphatic hydroxyl groups is 1. The van der Waals surface area contributed by atoms with Crippen molar-refractivity contribution in [1.82, 2.24) is 9.97 Å². The summed E-state index contributed by atoms with van der Waals surface area (Å²) in [7, 11) is 0. The van der Waals surface area contributed by atoms with Gasteiger partial charge < -0.3 is 15.2 Å². The first-order chi connectivity index (χ1) is 8.66. The van der Waals surface area contributed by atoms with Gasteiger partial charge in [-0.3, -0.25) is 0 Å². The predicted molar refractivity (Wildman–Crippen MR) is 69.6 cm³/mol. The van der Waals surface area contributed by atoms with Crippen LogP contribution in [0.15, 0.2) is 12.4 Å². The van der Waals surface area contributed by atoms with Crippen LogP contribution < -0.4 is 10.1 Å². The van der Waals surface area contributed by atoms with Crippen LogP contribution in [0, 0.1) is 5.92 Å². The van der Waals surface area contributed by atoms with E-state index < -0.39 is 0 Å². The van der Waals surface area contributed by atoms with E-state index in [-0.39, 0.29) is 12.2 Å². The first-order valence-corrected chi connectivity index (χ1v) is 6.56. The van der Waals surface area contributed by atoms with Crippen molar-refractivity contribution in [1.29, 1.82) is 0 Å². The lowest BCUT2D eigenvalue weighted by atomic mass is 10.1. The van der Waals surface area contributed by atoms with Gasteiger partial charge in [0.15, 0.2) is 5.82 Å². The highest BCUT2D eigenvalue weighted by molar-refractivity contribution is 5.44. The van der Waals surface area contributed by atoms with Crippen LogP contribution in [0.25, 0.3) is 0 Å². The van der Waals surface area contributed by atoms with Crippen molar-refractivity contribution in [3.63, 3.8) is 0 Å². The van der Waals surface area contributed by atoms with Crippen molar-refractivity contribution in [2.75, 3.05) is 11.9 Å². The molecule has 2 unspecified atom stereocenters. The average Bonchev–Trinajstić information content (AvgIpc) is 2.73. The molecule has 5 nitrogen and oxygen atoms in total. The molecule has 0 radical (unpaired) electrons. The summed E-state index contributed by atoms with van der Waals surface area (Å²) in [5, 5.41) is 13.0. The highest BCUT2D eigenvalue weighted by atomic mass is 16.5. The fraction of sp³-hybridized carbons (Fsp3) is 0.692. The van der Waals surface area contributed by atoms with E-state index in [0.717, 1.165) is 19.3 Å². The van der Waals surface area contributed by atoms with E-state index in [1.807, 2.05) is 13.8 Å². The fourth-order valence-corrected chi connectivity index (χ4v) is 2.24. The molecule has 1 fully saturated rings. The van der Waals surface area contributed by atoms with Gasteiger partial charge in [0.05, 0.1) is 12.2 Å². The number of aliphatic hydroxyl groups excluding tert-OH is 1. The Bertz CT molecular complexity index is 384. The minimum absolute atomic E-state index is 0.0688. The topological polar surface area (TPSA) is 67.3 Å². The minimum Gasteiger partial charge on any atom is -0.472 e. The van der Waals surface area contributed by atoms with Gasteiger partial charge in [-0.2, -0.15) is 0 Å². The Morgan fingerprint density at radius 2 is 2.17 bits per heavy atom. The van der Waals surface area contributed by atoms with Crippen LogP contribution in [0.4, 0.5) is 5.82 Å². The molecule has 5 heteroatoms. The maximum absolute atomic E-state index is 9.77.